The number of carbonyl (C=O) groups excluding carboxylic acids is 1. The van der Waals surface area contributed by atoms with Gasteiger partial charge in [-0.1, -0.05) is 23.2 Å². The van der Waals surface area contributed by atoms with Crippen molar-refractivity contribution < 1.29 is 13.2 Å². The summed E-state index contributed by atoms with van der Waals surface area (Å²) in [6, 6.07) is 2.73. The minimum atomic E-state index is -4.01. The summed E-state index contributed by atoms with van der Waals surface area (Å²) in [6.07, 6.45) is 1.40. The molecule has 24 heavy (non-hydrogen) atoms. The quantitative estimate of drug-likeness (QED) is 0.820. The molecule has 0 aliphatic carbocycles. The van der Waals surface area contributed by atoms with Crippen molar-refractivity contribution in [2.75, 3.05) is 11.3 Å². The lowest BCUT2D eigenvalue weighted by Gasteiger charge is -2.11. The largest absolute Gasteiger partial charge is 0.351 e. The SMILES string of the molecule is CCNC(=O)c1nn(C)cc1NS(=O)(=O)c1cc(C)c(Cl)cc1Cl. The Morgan fingerprint density at radius 1 is 1.29 bits per heavy atom. The van der Waals surface area contributed by atoms with Crippen molar-refractivity contribution in [3.8, 4) is 0 Å². The summed E-state index contributed by atoms with van der Waals surface area (Å²) in [4.78, 5) is 11.9. The molecule has 130 valence electrons. The van der Waals surface area contributed by atoms with Crippen LogP contribution in [0.5, 0.6) is 0 Å². The summed E-state index contributed by atoms with van der Waals surface area (Å²) in [5, 5.41) is 6.91. The highest BCUT2D eigenvalue weighted by Gasteiger charge is 2.24. The van der Waals surface area contributed by atoms with Crippen molar-refractivity contribution in [3.05, 3.63) is 39.6 Å². The Balaban J connectivity index is 2.44. The molecule has 7 nitrogen and oxygen atoms in total. The number of nitrogens with one attached hydrogen (secondary N) is 2. The molecule has 1 aromatic carbocycles. The van der Waals surface area contributed by atoms with E-state index < -0.39 is 15.9 Å². The predicted molar refractivity (Wildman–Crippen MR) is 93.2 cm³/mol. The Kier molecular flexibility index (Phi) is 5.42. The van der Waals surface area contributed by atoms with Gasteiger partial charge >= 0.3 is 0 Å². The number of aryl methyl sites for hydroxylation is 2. The molecule has 2 aromatic rings. The third kappa shape index (κ3) is 3.82. The summed E-state index contributed by atoms with van der Waals surface area (Å²) in [5.41, 5.74) is 0.605. The topological polar surface area (TPSA) is 93.1 Å². The fraction of sp³-hybridized carbons (Fsp3) is 0.286. The molecule has 0 fully saturated rings. The second kappa shape index (κ2) is 7.00. The van der Waals surface area contributed by atoms with E-state index in [0.717, 1.165) is 0 Å². The zero-order chi connectivity index (χ0) is 18.1. The number of nitrogens with zero attached hydrogens (tertiary/aromatic N) is 2. The first-order valence-corrected chi connectivity index (χ1v) is 9.20. The molecule has 0 atom stereocenters. The first kappa shape index (κ1) is 18.6. The average molecular weight is 391 g/mol. The van der Waals surface area contributed by atoms with Gasteiger partial charge < -0.3 is 5.32 Å². The van der Waals surface area contributed by atoms with Gasteiger partial charge in [0.25, 0.3) is 15.9 Å². The lowest BCUT2D eigenvalue weighted by Crippen LogP contribution is -2.25. The van der Waals surface area contributed by atoms with Crippen LogP contribution in [0.1, 0.15) is 23.0 Å². The van der Waals surface area contributed by atoms with Crippen molar-refractivity contribution in [3.63, 3.8) is 0 Å². The van der Waals surface area contributed by atoms with E-state index in [-0.39, 0.29) is 21.3 Å². The van der Waals surface area contributed by atoms with Gasteiger partial charge in [-0.2, -0.15) is 5.10 Å². The lowest BCUT2D eigenvalue weighted by molar-refractivity contribution is 0.0951. The van der Waals surface area contributed by atoms with Gasteiger partial charge in [0.1, 0.15) is 4.90 Å². The smallest absolute Gasteiger partial charge is 0.273 e. The van der Waals surface area contributed by atoms with Gasteiger partial charge in [0.05, 0.1) is 10.7 Å². The number of hydrogen-bond donors (Lipinski definition) is 2. The van der Waals surface area contributed by atoms with Crippen LogP contribution >= 0.6 is 23.2 Å². The highest BCUT2D eigenvalue weighted by Crippen LogP contribution is 2.30. The van der Waals surface area contributed by atoms with Gasteiger partial charge in [0, 0.05) is 24.8 Å². The normalized spacial score (nSPS) is 11.4. The van der Waals surface area contributed by atoms with Crippen molar-refractivity contribution in [2.24, 2.45) is 7.05 Å². The highest BCUT2D eigenvalue weighted by atomic mass is 35.5. The molecule has 1 amide bonds. The van der Waals surface area contributed by atoms with Crippen molar-refractivity contribution in [2.45, 2.75) is 18.7 Å². The number of sulfonamides is 1. The zero-order valence-electron chi connectivity index (χ0n) is 13.2. The number of rotatable bonds is 5. The zero-order valence-corrected chi connectivity index (χ0v) is 15.6. The second-order valence-electron chi connectivity index (χ2n) is 5.06. The molecular formula is C14H16Cl2N4O3S. The van der Waals surface area contributed by atoms with Gasteiger partial charge in [0.2, 0.25) is 0 Å². The van der Waals surface area contributed by atoms with Crippen LogP contribution in [0.3, 0.4) is 0 Å². The number of carbonyl (C=O) groups is 1. The Bertz CT molecular complexity index is 894. The number of hydrogen-bond acceptors (Lipinski definition) is 4. The van der Waals surface area contributed by atoms with E-state index in [9.17, 15) is 13.2 Å². The Morgan fingerprint density at radius 2 is 1.96 bits per heavy atom. The minimum absolute atomic E-state index is 0.0125. The van der Waals surface area contributed by atoms with Crippen LogP contribution in [0.4, 0.5) is 5.69 Å². The van der Waals surface area contributed by atoms with E-state index >= 15 is 0 Å². The van der Waals surface area contributed by atoms with Crippen LogP contribution in [0.25, 0.3) is 0 Å². The molecule has 0 saturated heterocycles. The van der Waals surface area contributed by atoms with E-state index in [1.807, 2.05) is 0 Å². The molecule has 10 heteroatoms. The molecule has 0 radical (unpaired) electrons. The first-order chi connectivity index (χ1) is 11.2. The van der Waals surface area contributed by atoms with Gasteiger partial charge in [0.15, 0.2) is 5.69 Å². The molecule has 0 unspecified atom stereocenters. The fourth-order valence-electron chi connectivity index (χ4n) is 2.01. The van der Waals surface area contributed by atoms with E-state index in [4.69, 9.17) is 23.2 Å². The lowest BCUT2D eigenvalue weighted by atomic mass is 10.2. The summed E-state index contributed by atoms with van der Waals surface area (Å²) in [5.74, 6) is -0.478. The van der Waals surface area contributed by atoms with Gasteiger partial charge in [-0.15, -0.1) is 0 Å². The maximum Gasteiger partial charge on any atom is 0.273 e. The molecule has 0 bridgehead atoms. The summed E-state index contributed by atoms with van der Waals surface area (Å²) >= 11 is 11.9. The third-order valence-electron chi connectivity index (χ3n) is 3.13. The van der Waals surface area contributed by atoms with Crippen LogP contribution in [0.15, 0.2) is 23.2 Å². The molecular weight excluding hydrogens is 375 g/mol. The summed E-state index contributed by atoms with van der Waals surface area (Å²) in [7, 11) is -2.43. The average Bonchev–Trinajstić information content (AvgIpc) is 2.83. The summed E-state index contributed by atoms with van der Waals surface area (Å²) < 4.78 is 28.9. The van der Waals surface area contributed by atoms with E-state index in [1.165, 1.54) is 23.0 Å². The molecule has 2 N–H and O–H groups in total. The Labute approximate surface area is 150 Å². The molecule has 1 heterocycles. The van der Waals surface area contributed by atoms with Crippen LogP contribution in [-0.2, 0) is 17.1 Å². The van der Waals surface area contributed by atoms with Crippen LogP contribution < -0.4 is 10.0 Å². The van der Waals surface area contributed by atoms with E-state index in [0.29, 0.717) is 17.1 Å². The molecule has 0 aliphatic heterocycles. The minimum Gasteiger partial charge on any atom is -0.351 e. The van der Waals surface area contributed by atoms with E-state index in [1.54, 1.807) is 20.9 Å². The number of halogens is 2. The van der Waals surface area contributed by atoms with Crippen molar-refractivity contribution in [1.82, 2.24) is 15.1 Å². The van der Waals surface area contributed by atoms with Gasteiger partial charge in [-0.3, -0.25) is 14.2 Å². The molecule has 2 rings (SSSR count). The predicted octanol–water partition coefficient (Wildman–Crippen LogP) is 2.59. The van der Waals surface area contributed by atoms with Crippen molar-refractivity contribution >= 4 is 44.8 Å². The molecule has 0 saturated carbocycles. The van der Waals surface area contributed by atoms with Gasteiger partial charge in [-0.05, 0) is 31.5 Å². The van der Waals surface area contributed by atoms with Gasteiger partial charge in [-0.25, -0.2) is 8.42 Å². The standard InChI is InChI=1S/C14H16Cl2N4O3S/c1-4-17-14(21)13-11(7-20(3)18-13)19-24(22,23)12-5-8(2)9(15)6-10(12)16/h5-7,19H,4H2,1-3H3,(H,17,21). The third-order valence-corrected chi connectivity index (χ3v) is 5.37. The number of aromatic nitrogens is 2. The van der Waals surface area contributed by atoms with Crippen molar-refractivity contribution in [1.29, 1.82) is 0 Å². The number of benzene rings is 1. The van der Waals surface area contributed by atoms with Crippen LogP contribution in [0.2, 0.25) is 10.0 Å². The first-order valence-electron chi connectivity index (χ1n) is 6.96. The fourth-order valence-corrected chi connectivity index (χ4v) is 3.90. The molecule has 0 aliphatic rings. The molecule has 1 aromatic heterocycles. The monoisotopic (exact) mass is 390 g/mol. The van der Waals surface area contributed by atoms with E-state index in [2.05, 4.69) is 15.1 Å². The summed E-state index contributed by atoms with van der Waals surface area (Å²) in [6.45, 7) is 3.81. The maximum absolute atomic E-state index is 12.6. The molecule has 0 spiro atoms. The van der Waals surface area contributed by atoms with Crippen LogP contribution in [-0.4, -0.2) is 30.7 Å². The van der Waals surface area contributed by atoms with Crippen LogP contribution in [0, 0.1) is 6.92 Å². The maximum atomic E-state index is 12.6. The Hall–Kier alpha value is -1.77. The number of anilines is 1. The highest BCUT2D eigenvalue weighted by molar-refractivity contribution is 7.92. The number of amides is 1. The Morgan fingerprint density at radius 3 is 2.58 bits per heavy atom. The second-order valence-corrected chi connectivity index (χ2v) is 7.53.